The number of anilines is 2. The smallest absolute Gasteiger partial charge is 0.258 e. The zero-order valence-electron chi connectivity index (χ0n) is 21.0. The van der Waals surface area contributed by atoms with E-state index in [-0.39, 0.29) is 11.8 Å². The standard InChI is InChI=1S/C33H27N3O2/c1-2-36(30-12-4-3-5-13-30)33(38)26-17-21-29(22-18-26)35-32(37)25-15-19-28(20-16-25)34-23-27-11-8-10-24-9-6-7-14-31(24)27/h3-23H,2H2,1H3,(H,35,37). The molecule has 0 aliphatic heterocycles. The molecule has 5 rings (SSSR count). The van der Waals surface area contributed by atoms with Crippen LogP contribution in [-0.4, -0.2) is 24.6 Å². The Morgan fingerprint density at radius 3 is 2.13 bits per heavy atom. The van der Waals surface area contributed by atoms with Crippen molar-refractivity contribution in [2.24, 2.45) is 4.99 Å². The lowest BCUT2D eigenvalue weighted by Crippen LogP contribution is -2.30. The van der Waals surface area contributed by atoms with E-state index in [4.69, 9.17) is 0 Å². The number of hydrogen-bond donors (Lipinski definition) is 1. The highest BCUT2D eigenvalue weighted by Crippen LogP contribution is 2.21. The quantitative estimate of drug-likeness (QED) is 0.237. The summed E-state index contributed by atoms with van der Waals surface area (Å²) in [6, 6.07) is 38.0. The first-order valence-electron chi connectivity index (χ1n) is 12.5. The average molecular weight is 498 g/mol. The summed E-state index contributed by atoms with van der Waals surface area (Å²) in [5, 5.41) is 5.20. The Kier molecular flexibility index (Phi) is 7.37. The largest absolute Gasteiger partial charge is 0.322 e. The number of fused-ring (bicyclic) bond motifs is 1. The summed E-state index contributed by atoms with van der Waals surface area (Å²) in [4.78, 5) is 32.1. The molecule has 1 N–H and O–H groups in total. The summed E-state index contributed by atoms with van der Waals surface area (Å²) in [5.74, 6) is -0.315. The highest BCUT2D eigenvalue weighted by molar-refractivity contribution is 6.07. The van der Waals surface area contributed by atoms with Gasteiger partial charge in [-0.3, -0.25) is 14.6 Å². The van der Waals surface area contributed by atoms with Crippen LogP contribution in [0.3, 0.4) is 0 Å². The van der Waals surface area contributed by atoms with Crippen molar-refractivity contribution in [3.05, 3.63) is 138 Å². The van der Waals surface area contributed by atoms with E-state index < -0.39 is 0 Å². The van der Waals surface area contributed by atoms with Crippen LogP contribution in [0.4, 0.5) is 17.1 Å². The fourth-order valence-electron chi connectivity index (χ4n) is 4.31. The van der Waals surface area contributed by atoms with Crippen LogP contribution in [0.5, 0.6) is 0 Å². The van der Waals surface area contributed by atoms with E-state index in [1.54, 1.807) is 41.3 Å². The Balaban J connectivity index is 1.23. The van der Waals surface area contributed by atoms with Crippen LogP contribution in [0.25, 0.3) is 10.8 Å². The third-order valence-electron chi connectivity index (χ3n) is 6.32. The third-order valence-corrected chi connectivity index (χ3v) is 6.32. The van der Waals surface area contributed by atoms with Gasteiger partial charge >= 0.3 is 0 Å². The molecule has 5 nitrogen and oxygen atoms in total. The summed E-state index contributed by atoms with van der Waals surface area (Å²) in [5.41, 5.74) is 4.35. The minimum Gasteiger partial charge on any atom is -0.322 e. The maximum absolute atomic E-state index is 13.0. The summed E-state index contributed by atoms with van der Waals surface area (Å²) >= 11 is 0. The lowest BCUT2D eigenvalue weighted by Gasteiger charge is -2.21. The number of carbonyl (C=O) groups is 2. The van der Waals surface area contributed by atoms with Gasteiger partial charge in [-0.05, 0) is 78.4 Å². The second-order valence-electron chi connectivity index (χ2n) is 8.79. The Bertz CT molecular complexity index is 1590. The first-order valence-corrected chi connectivity index (χ1v) is 12.5. The summed E-state index contributed by atoms with van der Waals surface area (Å²) in [6.07, 6.45) is 1.84. The Labute approximate surface area is 222 Å². The van der Waals surface area contributed by atoms with E-state index >= 15 is 0 Å². The molecule has 0 aromatic heterocycles. The first kappa shape index (κ1) is 24.7. The molecule has 0 unspecified atom stereocenters. The van der Waals surface area contributed by atoms with Crippen LogP contribution in [0.2, 0.25) is 0 Å². The second kappa shape index (κ2) is 11.4. The molecule has 0 saturated heterocycles. The molecule has 2 amide bonds. The second-order valence-corrected chi connectivity index (χ2v) is 8.79. The van der Waals surface area contributed by atoms with Gasteiger partial charge in [0, 0.05) is 40.8 Å². The lowest BCUT2D eigenvalue weighted by molar-refractivity contribution is 0.0987. The molecule has 0 aliphatic carbocycles. The van der Waals surface area contributed by atoms with Crippen molar-refractivity contribution >= 4 is 45.9 Å². The summed E-state index contributed by atoms with van der Waals surface area (Å²) in [6.45, 7) is 2.50. The molecular weight excluding hydrogens is 470 g/mol. The van der Waals surface area contributed by atoms with Gasteiger partial charge in [0.1, 0.15) is 0 Å². The number of amides is 2. The van der Waals surface area contributed by atoms with Gasteiger partial charge in [-0.25, -0.2) is 0 Å². The van der Waals surface area contributed by atoms with Crippen molar-refractivity contribution in [2.45, 2.75) is 6.92 Å². The molecule has 0 fully saturated rings. The molecule has 0 bridgehead atoms. The maximum atomic E-state index is 13.0. The molecule has 38 heavy (non-hydrogen) atoms. The van der Waals surface area contributed by atoms with Gasteiger partial charge in [0.25, 0.3) is 11.8 Å². The number of benzene rings is 5. The van der Waals surface area contributed by atoms with E-state index in [9.17, 15) is 9.59 Å². The van der Waals surface area contributed by atoms with Gasteiger partial charge in [0.05, 0.1) is 5.69 Å². The first-order chi connectivity index (χ1) is 18.6. The number of hydrogen-bond acceptors (Lipinski definition) is 3. The number of rotatable bonds is 7. The molecule has 186 valence electrons. The van der Waals surface area contributed by atoms with E-state index in [2.05, 4.69) is 28.5 Å². The van der Waals surface area contributed by atoms with Gasteiger partial charge in [0.2, 0.25) is 0 Å². The molecule has 0 saturated carbocycles. The predicted octanol–water partition coefficient (Wildman–Crippen LogP) is 7.51. The van der Waals surface area contributed by atoms with Crippen molar-refractivity contribution in [1.29, 1.82) is 0 Å². The molecule has 5 aromatic carbocycles. The number of para-hydroxylation sites is 1. The lowest BCUT2D eigenvalue weighted by atomic mass is 10.1. The minimum absolute atomic E-state index is 0.0868. The molecule has 0 heterocycles. The van der Waals surface area contributed by atoms with Crippen molar-refractivity contribution in [3.63, 3.8) is 0 Å². The maximum Gasteiger partial charge on any atom is 0.258 e. The van der Waals surface area contributed by atoms with Gasteiger partial charge in [0.15, 0.2) is 0 Å². The van der Waals surface area contributed by atoms with Crippen molar-refractivity contribution in [3.8, 4) is 0 Å². The Morgan fingerprint density at radius 2 is 1.39 bits per heavy atom. The van der Waals surface area contributed by atoms with Gasteiger partial charge < -0.3 is 10.2 Å². The third kappa shape index (κ3) is 5.52. The molecule has 0 aliphatic rings. The van der Waals surface area contributed by atoms with E-state index in [0.29, 0.717) is 23.4 Å². The van der Waals surface area contributed by atoms with Crippen LogP contribution < -0.4 is 10.2 Å². The predicted molar refractivity (Wildman–Crippen MR) is 156 cm³/mol. The number of aliphatic imine (C=N–C) groups is 1. The van der Waals surface area contributed by atoms with Crippen molar-refractivity contribution < 1.29 is 9.59 Å². The molecule has 5 heteroatoms. The van der Waals surface area contributed by atoms with Crippen molar-refractivity contribution in [2.75, 3.05) is 16.8 Å². The van der Waals surface area contributed by atoms with Crippen LogP contribution in [0.1, 0.15) is 33.2 Å². The molecular formula is C33H27N3O2. The number of carbonyl (C=O) groups excluding carboxylic acids is 2. The number of nitrogens with zero attached hydrogens (tertiary/aromatic N) is 2. The summed E-state index contributed by atoms with van der Waals surface area (Å²) < 4.78 is 0. The fraction of sp³-hybridized carbons (Fsp3) is 0.0606. The highest BCUT2D eigenvalue weighted by Gasteiger charge is 2.16. The van der Waals surface area contributed by atoms with Crippen LogP contribution in [-0.2, 0) is 0 Å². The normalized spacial score (nSPS) is 11.0. The van der Waals surface area contributed by atoms with Gasteiger partial charge in [-0.2, -0.15) is 0 Å². The van der Waals surface area contributed by atoms with Gasteiger partial charge in [-0.1, -0.05) is 60.7 Å². The SMILES string of the molecule is CCN(C(=O)c1ccc(NC(=O)c2ccc(N=Cc3cccc4ccccc34)cc2)cc1)c1ccccc1. The zero-order chi connectivity index (χ0) is 26.3. The van der Waals surface area contributed by atoms with E-state index in [0.717, 1.165) is 22.3 Å². The van der Waals surface area contributed by atoms with Crippen molar-refractivity contribution in [1.82, 2.24) is 0 Å². The molecule has 0 radical (unpaired) electrons. The fourth-order valence-corrected chi connectivity index (χ4v) is 4.31. The Morgan fingerprint density at radius 1 is 0.737 bits per heavy atom. The van der Waals surface area contributed by atoms with E-state index in [1.807, 2.05) is 79.9 Å². The number of nitrogens with one attached hydrogen (secondary N) is 1. The molecule has 0 spiro atoms. The Hall–Kier alpha value is -5.03. The van der Waals surface area contributed by atoms with Crippen LogP contribution in [0.15, 0.2) is 126 Å². The molecule has 5 aromatic rings. The topological polar surface area (TPSA) is 61.8 Å². The monoisotopic (exact) mass is 497 g/mol. The van der Waals surface area contributed by atoms with Gasteiger partial charge in [-0.15, -0.1) is 0 Å². The van der Waals surface area contributed by atoms with E-state index in [1.165, 1.54) is 5.39 Å². The summed E-state index contributed by atoms with van der Waals surface area (Å²) in [7, 11) is 0. The minimum atomic E-state index is -0.229. The highest BCUT2D eigenvalue weighted by atomic mass is 16.2. The average Bonchev–Trinajstić information content (AvgIpc) is 2.97. The van der Waals surface area contributed by atoms with Crippen LogP contribution >= 0.6 is 0 Å². The molecule has 0 atom stereocenters. The zero-order valence-corrected chi connectivity index (χ0v) is 21.0. The van der Waals surface area contributed by atoms with Crippen LogP contribution in [0, 0.1) is 0 Å².